The lowest BCUT2D eigenvalue weighted by molar-refractivity contribution is 0.138. The molecule has 1 aromatic carbocycles. The zero-order valence-corrected chi connectivity index (χ0v) is 13.2. The van der Waals surface area contributed by atoms with E-state index in [4.69, 9.17) is 4.74 Å². The summed E-state index contributed by atoms with van der Waals surface area (Å²) in [5, 5.41) is 0. The van der Waals surface area contributed by atoms with Gasteiger partial charge in [0, 0.05) is 30.5 Å². The fourth-order valence-electron chi connectivity index (χ4n) is 3.28. The zero-order chi connectivity index (χ0) is 15.2. The Bertz CT molecular complexity index is 585. The molecule has 0 radical (unpaired) electrons. The summed E-state index contributed by atoms with van der Waals surface area (Å²) in [6.07, 6.45) is 7.64. The molecule has 1 aliphatic heterocycles. The third-order valence-corrected chi connectivity index (χ3v) is 4.33. The molecule has 3 rings (SSSR count). The standard InChI is InChI=1S/C19H24N2O/c1-2-22-19-11-4-3-8-17(19)15-21-13-6-5-10-18(21)16-9-7-12-20-14-16/h3-4,7-9,11-12,14,18H,2,5-6,10,13,15H2,1H3/t18-/m0/s1. The molecule has 22 heavy (non-hydrogen) atoms. The maximum absolute atomic E-state index is 5.78. The Hall–Kier alpha value is -1.87. The van der Waals surface area contributed by atoms with Gasteiger partial charge < -0.3 is 4.74 Å². The molecule has 0 aliphatic carbocycles. The average Bonchev–Trinajstić information content (AvgIpc) is 2.58. The first-order valence-corrected chi connectivity index (χ1v) is 8.23. The van der Waals surface area contributed by atoms with Crippen LogP contribution in [-0.4, -0.2) is 23.0 Å². The van der Waals surface area contributed by atoms with Gasteiger partial charge in [0.2, 0.25) is 0 Å². The van der Waals surface area contributed by atoms with Gasteiger partial charge in [-0.2, -0.15) is 0 Å². The summed E-state index contributed by atoms with van der Waals surface area (Å²) in [6.45, 7) is 4.83. The van der Waals surface area contributed by atoms with Crippen molar-refractivity contribution in [2.24, 2.45) is 0 Å². The van der Waals surface area contributed by atoms with Gasteiger partial charge in [0.1, 0.15) is 5.75 Å². The van der Waals surface area contributed by atoms with Gasteiger partial charge in [-0.15, -0.1) is 0 Å². The van der Waals surface area contributed by atoms with E-state index in [0.29, 0.717) is 12.6 Å². The average molecular weight is 296 g/mol. The molecule has 2 aromatic rings. The number of rotatable bonds is 5. The topological polar surface area (TPSA) is 25.4 Å². The predicted molar refractivity (Wildman–Crippen MR) is 88.9 cm³/mol. The Labute approximate surface area is 132 Å². The van der Waals surface area contributed by atoms with Crippen LogP contribution in [0.2, 0.25) is 0 Å². The number of hydrogen-bond acceptors (Lipinski definition) is 3. The summed E-state index contributed by atoms with van der Waals surface area (Å²) in [4.78, 5) is 6.86. The van der Waals surface area contributed by atoms with Gasteiger partial charge in [-0.1, -0.05) is 30.7 Å². The third kappa shape index (κ3) is 3.47. The summed E-state index contributed by atoms with van der Waals surface area (Å²) in [5.41, 5.74) is 2.61. The monoisotopic (exact) mass is 296 g/mol. The molecule has 0 unspecified atom stereocenters. The van der Waals surface area contributed by atoms with E-state index < -0.39 is 0 Å². The van der Waals surface area contributed by atoms with E-state index >= 15 is 0 Å². The fraction of sp³-hybridized carbons (Fsp3) is 0.421. The van der Waals surface area contributed by atoms with E-state index in [2.05, 4.69) is 34.1 Å². The van der Waals surface area contributed by atoms with Crippen LogP contribution in [0.1, 0.15) is 43.4 Å². The Balaban J connectivity index is 1.80. The van der Waals surface area contributed by atoms with Gasteiger partial charge in [0.05, 0.1) is 6.61 Å². The fourth-order valence-corrected chi connectivity index (χ4v) is 3.28. The van der Waals surface area contributed by atoms with E-state index in [0.717, 1.165) is 18.8 Å². The summed E-state index contributed by atoms with van der Waals surface area (Å²) < 4.78 is 5.78. The lowest BCUT2D eigenvalue weighted by atomic mass is 9.95. The maximum Gasteiger partial charge on any atom is 0.123 e. The number of ether oxygens (including phenoxy) is 1. The molecule has 0 saturated carbocycles. The second-order valence-electron chi connectivity index (χ2n) is 5.81. The van der Waals surface area contributed by atoms with Crippen LogP contribution in [0.5, 0.6) is 5.75 Å². The summed E-state index contributed by atoms with van der Waals surface area (Å²) in [7, 11) is 0. The van der Waals surface area contributed by atoms with Crippen LogP contribution < -0.4 is 4.74 Å². The molecular formula is C19H24N2O. The van der Waals surface area contributed by atoms with Crippen LogP contribution in [0.25, 0.3) is 0 Å². The molecule has 1 atom stereocenters. The van der Waals surface area contributed by atoms with Gasteiger partial charge >= 0.3 is 0 Å². The molecule has 1 aromatic heterocycles. The number of piperidine rings is 1. The van der Waals surface area contributed by atoms with Crippen LogP contribution in [0.4, 0.5) is 0 Å². The molecule has 0 spiro atoms. The van der Waals surface area contributed by atoms with Crippen molar-refractivity contribution in [3.05, 3.63) is 59.9 Å². The van der Waals surface area contributed by atoms with Crippen molar-refractivity contribution in [1.82, 2.24) is 9.88 Å². The second-order valence-corrected chi connectivity index (χ2v) is 5.81. The largest absolute Gasteiger partial charge is 0.494 e. The second kappa shape index (κ2) is 7.41. The van der Waals surface area contributed by atoms with Crippen LogP contribution in [0.3, 0.4) is 0 Å². The van der Waals surface area contributed by atoms with Gasteiger partial charge in [0.25, 0.3) is 0 Å². The minimum Gasteiger partial charge on any atom is -0.494 e. The van der Waals surface area contributed by atoms with Crippen molar-refractivity contribution in [2.45, 2.75) is 38.8 Å². The van der Waals surface area contributed by atoms with Gasteiger partial charge in [0.15, 0.2) is 0 Å². The highest BCUT2D eigenvalue weighted by Gasteiger charge is 2.24. The van der Waals surface area contributed by atoms with Crippen molar-refractivity contribution < 1.29 is 4.74 Å². The molecule has 3 nitrogen and oxygen atoms in total. The van der Waals surface area contributed by atoms with Crippen molar-refractivity contribution in [3.63, 3.8) is 0 Å². The van der Waals surface area contributed by atoms with E-state index in [-0.39, 0.29) is 0 Å². The van der Waals surface area contributed by atoms with Gasteiger partial charge in [-0.05, 0) is 44.0 Å². The number of nitrogens with zero attached hydrogens (tertiary/aromatic N) is 2. The molecule has 1 aliphatic rings. The van der Waals surface area contributed by atoms with Gasteiger partial charge in [-0.25, -0.2) is 0 Å². The Morgan fingerprint density at radius 2 is 2.09 bits per heavy atom. The maximum atomic E-state index is 5.78. The number of hydrogen-bond donors (Lipinski definition) is 0. The molecule has 0 bridgehead atoms. The molecule has 116 valence electrons. The number of para-hydroxylation sites is 1. The summed E-state index contributed by atoms with van der Waals surface area (Å²) in [6, 6.07) is 13.1. The van der Waals surface area contributed by atoms with Crippen LogP contribution in [0.15, 0.2) is 48.8 Å². The van der Waals surface area contributed by atoms with E-state index in [1.807, 2.05) is 31.5 Å². The Kier molecular flexibility index (Phi) is 5.07. The highest BCUT2D eigenvalue weighted by molar-refractivity contribution is 5.33. The lowest BCUT2D eigenvalue weighted by Gasteiger charge is -2.36. The number of benzene rings is 1. The minimum atomic E-state index is 0.470. The first-order valence-electron chi connectivity index (χ1n) is 8.23. The van der Waals surface area contributed by atoms with Crippen LogP contribution in [-0.2, 0) is 6.54 Å². The quantitative estimate of drug-likeness (QED) is 0.826. The molecule has 0 amide bonds. The Morgan fingerprint density at radius 1 is 1.18 bits per heavy atom. The smallest absolute Gasteiger partial charge is 0.123 e. The van der Waals surface area contributed by atoms with Crippen molar-refractivity contribution in [2.75, 3.05) is 13.2 Å². The number of likely N-dealkylation sites (tertiary alicyclic amines) is 1. The number of aromatic nitrogens is 1. The predicted octanol–water partition coefficient (Wildman–Crippen LogP) is 4.21. The van der Waals surface area contributed by atoms with E-state index in [9.17, 15) is 0 Å². The normalized spacial score (nSPS) is 19.0. The zero-order valence-electron chi connectivity index (χ0n) is 13.2. The molecule has 3 heteroatoms. The van der Waals surface area contributed by atoms with Gasteiger partial charge in [-0.3, -0.25) is 9.88 Å². The first-order chi connectivity index (χ1) is 10.9. The molecule has 1 saturated heterocycles. The van der Waals surface area contributed by atoms with Crippen LogP contribution in [0, 0.1) is 0 Å². The highest BCUT2D eigenvalue weighted by Crippen LogP contribution is 2.33. The van der Waals surface area contributed by atoms with Crippen molar-refractivity contribution in [3.8, 4) is 5.75 Å². The summed E-state index contributed by atoms with van der Waals surface area (Å²) in [5.74, 6) is 1.01. The first kappa shape index (κ1) is 15.0. The van der Waals surface area contributed by atoms with E-state index in [1.54, 1.807) is 0 Å². The lowest BCUT2D eigenvalue weighted by Crippen LogP contribution is -2.33. The number of pyridine rings is 1. The molecule has 0 N–H and O–H groups in total. The molecular weight excluding hydrogens is 272 g/mol. The van der Waals surface area contributed by atoms with Crippen molar-refractivity contribution in [1.29, 1.82) is 0 Å². The Morgan fingerprint density at radius 3 is 2.91 bits per heavy atom. The van der Waals surface area contributed by atoms with E-state index in [1.165, 1.54) is 30.4 Å². The SMILES string of the molecule is CCOc1ccccc1CN1CCCC[C@H]1c1cccnc1. The van der Waals surface area contributed by atoms with Crippen molar-refractivity contribution >= 4 is 0 Å². The third-order valence-electron chi connectivity index (χ3n) is 4.33. The molecule has 1 fully saturated rings. The minimum absolute atomic E-state index is 0.470. The molecule has 2 heterocycles. The highest BCUT2D eigenvalue weighted by atomic mass is 16.5. The summed E-state index contributed by atoms with van der Waals surface area (Å²) >= 11 is 0. The van der Waals surface area contributed by atoms with Crippen LogP contribution >= 0.6 is 0 Å².